The number of anilines is 1. The van der Waals surface area contributed by atoms with Gasteiger partial charge in [-0.2, -0.15) is 4.39 Å². The summed E-state index contributed by atoms with van der Waals surface area (Å²) in [4.78, 5) is 50.3. The molecular formula is C46H35F6N3O8. The Labute approximate surface area is 353 Å². The molecule has 324 valence electrons. The van der Waals surface area contributed by atoms with Crippen LogP contribution in [0.15, 0.2) is 108 Å². The average molecular weight is 872 g/mol. The molecule has 0 atom stereocenters. The van der Waals surface area contributed by atoms with Gasteiger partial charge in [0.1, 0.15) is 22.4 Å². The highest BCUT2D eigenvalue weighted by molar-refractivity contribution is 6.24. The van der Waals surface area contributed by atoms with Crippen LogP contribution in [0.1, 0.15) is 34.6 Å². The number of carbonyl (C=O) groups excluding carboxylic acids is 3. The van der Waals surface area contributed by atoms with Crippen LogP contribution in [0.4, 0.5) is 32.0 Å². The normalized spacial score (nSPS) is 11.4. The third kappa shape index (κ3) is 8.98. The van der Waals surface area contributed by atoms with Crippen LogP contribution in [0.25, 0.3) is 38.1 Å². The summed E-state index contributed by atoms with van der Waals surface area (Å²) in [5, 5.41) is 12.9. The van der Waals surface area contributed by atoms with Gasteiger partial charge in [-0.05, 0) is 71.8 Å². The zero-order valence-corrected chi connectivity index (χ0v) is 33.7. The maximum absolute atomic E-state index is 14.6. The number of ether oxygens (including phenoxy) is 3. The van der Waals surface area contributed by atoms with Crippen LogP contribution in [0.5, 0.6) is 17.2 Å². The Morgan fingerprint density at radius 2 is 1.32 bits per heavy atom. The first-order valence-electron chi connectivity index (χ1n) is 18.8. The molecule has 63 heavy (non-hydrogen) atoms. The second-order valence-electron chi connectivity index (χ2n) is 13.8. The zero-order chi connectivity index (χ0) is 45.9. The third-order valence-electron chi connectivity index (χ3n) is 9.30. The van der Waals surface area contributed by atoms with Gasteiger partial charge in [-0.1, -0.05) is 48.5 Å². The van der Waals surface area contributed by atoms with Gasteiger partial charge in [0.15, 0.2) is 40.6 Å². The summed E-state index contributed by atoms with van der Waals surface area (Å²) >= 11 is 0. The number of aromatic nitrogens is 1. The lowest BCUT2D eigenvalue weighted by atomic mass is 10.0. The molecule has 0 radical (unpaired) electrons. The van der Waals surface area contributed by atoms with Gasteiger partial charge in [0.25, 0.3) is 0 Å². The number of nitrogens with two attached hydrogens (primary N) is 1. The van der Waals surface area contributed by atoms with Crippen molar-refractivity contribution in [3.05, 3.63) is 159 Å². The molecule has 0 spiro atoms. The van der Waals surface area contributed by atoms with E-state index in [-0.39, 0.29) is 47.2 Å². The number of ketones is 1. The minimum Gasteiger partial charge on any atom is -0.506 e. The van der Waals surface area contributed by atoms with Crippen molar-refractivity contribution in [2.24, 2.45) is 0 Å². The Morgan fingerprint density at radius 1 is 0.746 bits per heavy atom. The first-order chi connectivity index (χ1) is 30.0. The summed E-state index contributed by atoms with van der Waals surface area (Å²) < 4.78 is 98.5. The molecule has 0 amide bonds. The Kier molecular flexibility index (Phi) is 13.1. The molecule has 8 rings (SSSR count). The highest BCUT2D eigenvalue weighted by Gasteiger charge is 2.31. The highest BCUT2D eigenvalue weighted by atomic mass is 19.2. The molecule has 7 aromatic rings. The van der Waals surface area contributed by atoms with Gasteiger partial charge in [-0.25, -0.2) is 31.5 Å². The number of nitrogens with zero attached hydrogens (tertiary/aromatic N) is 2. The molecule has 0 aliphatic carbocycles. The van der Waals surface area contributed by atoms with Crippen LogP contribution in [0.3, 0.4) is 0 Å². The summed E-state index contributed by atoms with van der Waals surface area (Å²) in [6.45, 7) is 3.10. The van der Waals surface area contributed by atoms with Gasteiger partial charge < -0.3 is 34.5 Å². The van der Waals surface area contributed by atoms with Crippen LogP contribution in [-0.2, 0) is 14.3 Å². The van der Waals surface area contributed by atoms with Gasteiger partial charge >= 0.3 is 11.9 Å². The number of benzene rings is 6. The summed E-state index contributed by atoms with van der Waals surface area (Å²) in [6, 6.07) is 23.2. The van der Waals surface area contributed by atoms with Crippen molar-refractivity contribution in [3.8, 4) is 22.9 Å². The van der Waals surface area contributed by atoms with E-state index in [4.69, 9.17) is 15.2 Å². The van der Waals surface area contributed by atoms with Gasteiger partial charge in [0, 0.05) is 26.5 Å². The first kappa shape index (κ1) is 44.7. The minimum absolute atomic E-state index is 0.0599. The zero-order valence-electron chi connectivity index (χ0n) is 33.7. The Hall–Kier alpha value is -7.82. The Balaban J connectivity index is 0.000000171. The maximum atomic E-state index is 14.6. The molecule has 0 fully saturated rings. The standard InChI is InChI=1S/C22H13F2NO4.C14H13F4NO3.C10H9NO/c1-2-28-22(27)14-10-25-16-7-11-5-3-4-6-12(11)8-17(16)29-21-18(24)15(23)9-13(19(21)25)20(14)26;1-4-22-14(21)8(6-19(2)3)13(20)7-5-9(15)11(17)12(18)10(7)16;11-9-5-7-3-1-2-4-8(7)6-10(9)12/h3-10H,2H2,1H3;5-6H,4H2,1-3H3;1-6,12H,11H2/b;8-6-;. The van der Waals surface area contributed by atoms with E-state index in [2.05, 4.69) is 4.74 Å². The second kappa shape index (κ2) is 18.4. The predicted octanol–water partition coefficient (Wildman–Crippen LogP) is 9.27. The van der Waals surface area contributed by atoms with Gasteiger partial charge in [-0.3, -0.25) is 9.59 Å². The molecular weight excluding hydrogens is 837 g/mol. The van der Waals surface area contributed by atoms with Crippen LogP contribution in [-0.4, -0.2) is 59.6 Å². The number of hydrogen-bond acceptors (Lipinski definition) is 10. The molecule has 0 bridgehead atoms. The lowest BCUT2D eigenvalue weighted by molar-refractivity contribution is -0.138. The van der Waals surface area contributed by atoms with E-state index in [0.29, 0.717) is 11.4 Å². The van der Waals surface area contributed by atoms with Crippen molar-refractivity contribution >= 4 is 55.9 Å². The molecule has 1 aliphatic rings. The van der Waals surface area contributed by atoms with E-state index in [0.717, 1.165) is 33.8 Å². The number of hydrogen-bond donors (Lipinski definition) is 2. The monoisotopic (exact) mass is 871 g/mol. The van der Waals surface area contributed by atoms with E-state index in [9.17, 15) is 50.6 Å². The summed E-state index contributed by atoms with van der Waals surface area (Å²) in [5.41, 5.74) is 3.76. The largest absolute Gasteiger partial charge is 0.506 e. The van der Waals surface area contributed by atoms with Crippen LogP contribution in [0, 0.1) is 34.9 Å². The lowest BCUT2D eigenvalue weighted by Gasteiger charge is -2.24. The summed E-state index contributed by atoms with van der Waals surface area (Å²) in [6.07, 6.45) is 2.30. The fourth-order valence-corrected chi connectivity index (χ4v) is 6.43. The number of halogens is 6. The van der Waals surface area contributed by atoms with E-state index in [1.807, 2.05) is 48.5 Å². The van der Waals surface area contributed by atoms with Crippen LogP contribution in [0.2, 0.25) is 0 Å². The predicted molar refractivity (Wildman–Crippen MR) is 222 cm³/mol. The molecule has 6 aromatic carbocycles. The van der Waals surface area contributed by atoms with Crippen LogP contribution < -0.4 is 15.9 Å². The SMILES string of the molecule is CCOC(=O)/C(=C\N(C)C)C(=O)c1cc(F)c(F)c(F)c1F.CCOC(=O)c1cn2c3c(c(F)c(F)cc3c1=O)Oc1cc3ccccc3cc1-2.Nc1cc2ccccc2cc1O. The molecule has 17 heteroatoms. The first-order valence-corrected chi connectivity index (χ1v) is 18.8. The Morgan fingerprint density at radius 3 is 1.92 bits per heavy atom. The number of rotatable bonds is 7. The number of phenolic OH excluding ortho intramolecular Hbond substituents is 1. The topological polar surface area (TPSA) is 150 Å². The van der Waals surface area contributed by atoms with Crippen molar-refractivity contribution in [2.75, 3.05) is 33.0 Å². The minimum atomic E-state index is -2.13. The maximum Gasteiger partial charge on any atom is 0.343 e. The number of fused-ring (bicyclic) bond motifs is 4. The lowest BCUT2D eigenvalue weighted by Crippen LogP contribution is -2.22. The van der Waals surface area contributed by atoms with Crippen molar-refractivity contribution < 1.29 is 60.0 Å². The third-order valence-corrected chi connectivity index (χ3v) is 9.30. The van der Waals surface area contributed by atoms with Crippen molar-refractivity contribution in [3.63, 3.8) is 0 Å². The molecule has 1 aliphatic heterocycles. The number of esters is 2. The summed E-state index contributed by atoms with van der Waals surface area (Å²) in [5.74, 6) is -13.4. The smallest absolute Gasteiger partial charge is 0.343 e. The van der Waals surface area contributed by atoms with E-state index < -0.39 is 74.9 Å². The fraction of sp³-hybridized carbons (Fsp3) is 0.130. The van der Waals surface area contributed by atoms with Gasteiger partial charge in [0.2, 0.25) is 17.0 Å². The molecule has 1 aromatic heterocycles. The van der Waals surface area contributed by atoms with Crippen molar-refractivity contribution in [1.29, 1.82) is 0 Å². The molecule has 2 heterocycles. The van der Waals surface area contributed by atoms with Gasteiger partial charge in [-0.15, -0.1) is 0 Å². The Bertz CT molecular complexity index is 3040. The number of nitrogen functional groups attached to an aromatic ring is 1. The van der Waals surface area contributed by atoms with E-state index in [1.165, 1.54) is 36.7 Å². The fourth-order valence-electron chi connectivity index (χ4n) is 6.43. The molecule has 0 saturated carbocycles. The van der Waals surface area contributed by atoms with Gasteiger partial charge in [0.05, 0.1) is 35.5 Å². The van der Waals surface area contributed by atoms with Crippen molar-refractivity contribution in [2.45, 2.75) is 13.8 Å². The average Bonchev–Trinajstić information content (AvgIpc) is 3.25. The number of pyridine rings is 1. The molecule has 0 saturated heterocycles. The molecule has 0 unspecified atom stereocenters. The number of phenols is 1. The molecule has 11 nitrogen and oxygen atoms in total. The van der Waals surface area contributed by atoms with Crippen molar-refractivity contribution in [1.82, 2.24) is 9.47 Å². The number of carbonyl (C=O) groups is 3. The quantitative estimate of drug-likeness (QED) is 0.0152. The van der Waals surface area contributed by atoms with E-state index >= 15 is 0 Å². The van der Waals surface area contributed by atoms with E-state index in [1.54, 1.807) is 31.2 Å². The highest BCUT2D eigenvalue weighted by Crippen LogP contribution is 2.43. The molecule has 3 N–H and O–H groups in total. The second-order valence-corrected chi connectivity index (χ2v) is 13.8. The van der Waals surface area contributed by atoms with Crippen LogP contribution >= 0.6 is 0 Å². The summed E-state index contributed by atoms with van der Waals surface area (Å²) in [7, 11) is 2.93. The number of aromatic hydroxyl groups is 1. The number of Topliss-reactive ketones (excluding diaryl/α,β-unsaturated/α-hetero) is 1.